The van der Waals surface area contributed by atoms with E-state index in [0.29, 0.717) is 25.7 Å². The van der Waals surface area contributed by atoms with E-state index in [1.54, 1.807) is 18.3 Å². The van der Waals surface area contributed by atoms with Gasteiger partial charge in [-0.3, -0.25) is 4.90 Å². The highest BCUT2D eigenvalue weighted by Crippen LogP contribution is 2.24. The second-order valence-corrected chi connectivity index (χ2v) is 7.39. The fourth-order valence-electron chi connectivity index (χ4n) is 3.72. The van der Waals surface area contributed by atoms with Crippen LogP contribution in [0.4, 0.5) is 24.9 Å². The number of nitrogens with one attached hydrogen (secondary N) is 1. The number of halogens is 3. The summed E-state index contributed by atoms with van der Waals surface area (Å²) in [5, 5.41) is 3.40. The molecular formula is C20H24F3N5O2. The zero-order valence-electron chi connectivity index (χ0n) is 16.4. The second kappa shape index (κ2) is 9.05. The fraction of sp³-hybridized carbons (Fsp3) is 0.500. The molecule has 2 aliphatic rings. The lowest BCUT2D eigenvalue weighted by Gasteiger charge is -2.28. The van der Waals surface area contributed by atoms with E-state index in [0.717, 1.165) is 44.0 Å². The van der Waals surface area contributed by atoms with Crippen molar-refractivity contribution in [1.82, 2.24) is 14.9 Å². The number of hydrogen-bond acceptors (Lipinski definition) is 7. The Bertz CT molecular complexity index is 828. The molecule has 2 aliphatic heterocycles. The molecule has 0 aliphatic carbocycles. The largest absolute Gasteiger partial charge is 0.573 e. The van der Waals surface area contributed by atoms with E-state index >= 15 is 0 Å². The molecule has 162 valence electrons. The van der Waals surface area contributed by atoms with Crippen molar-refractivity contribution in [2.75, 3.05) is 49.6 Å². The molecule has 10 heteroatoms. The molecule has 0 bridgehead atoms. The highest BCUT2D eigenvalue weighted by atomic mass is 19.4. The van der Waals surface area contributed by atoms with Crippen LogP contribution in [0.15, 0.2) is 36.5 Å². The van der Waals surface area contributed by atoms with Gasteiger partial charge in [0.15, 0.2) is 0 Å². The molecule has 1 atom stereocenters. The summed E-state index contributed by atoms with van der Waals surface area (Å²) in [5.41, 5.74) is 0.940. The quantitative estimate of drug-likeness (QED) is 0.767. The maximum Gasteiger partial charge on any atom is 0.573 e. The van der Waals surface area contributed by atoms with Gasteiger partial charge in [0.25, 0.3) is 0 Å². The maximum atomic E-state index is 12.3. The molecule has 7 nitrogen and oxygen atoms in total. The van der Waals surface area contributed by atoms with Crippen LogP contribution in [0.5, 0.6) is 5.75 Å². The van der Waals surface area contributed by atoms with E-state index in [4.69, 9.17) is 4.74 Å². The van der Waals surface area contributed by atoms with Crippen molar-refractivity contribution in [2.24, 2.45) is 0 Å². The summed E-state index contributed by atoms with van der Waals surface area (Å²) in [4.78, 5) is 13.4. The van der Waals surface area contributed by atoms with Gasteiger partial charge in [-0.2, -0.15) is 4.98 Å². The number of benzene rings is 1. The van der Waals surface area contributed by atoms with Crippen LogP contribution in [0.25, 0.3) is 0 Å². The average molecular weight is 423 g/mol. The number of alkyl halides is 3. The van der Waals surface area contributed by atoms with Crippen LogP contribution in [-0.2, 0) is 11.3 Å². The molecule has 30 heavy (non-hydrogen) atoms. The molecule has 3 heterocycles. The van der Waals surface area contributed by atoms with Crippen LogP contribution in [0.2, 0.25) is 0 Å². The molecule has 4 rings (SSSR count). The molecular weight excluding hydrogens is 399 g/mol. The monoisotopic (exact) mass is 423 g/mol. The first kappa shape index (κ1) is 20.7. The van der Waals surface area contributed by atoms with E-state index in [2.05, 4.69) is 29.8 Å². The standard InChI is InChI=1S/C20H24F3N5O2/c21-20(22,23)30-17-3-1-15(2-4-17)13-27-8-6-16(14-27)25-19-24-7-5-18(26-19)28-9-11-29-12-10-28/h1-5,7,16H,6,8-14H2,(H,24,25,26). The van der Waals surface area contributed by atoms with Gasteiger partial charge in [0, 0.05) is 45.0 Å². The average Bonchev–Trinajstić information content (AvgIpc) is 3.16. The van der Waals surface area contributed by atoms with Crippen molar-refractivity contribution in [3.63, 3.8) is 0 Å². The van der Waals surface area contributed by atoms with Crippen LogP contribution in [0.3, 0.4) is 0 Å². The molecule has 0 radical (unpaired) electrons. The second-order valence-electron chi connectivity index (χ2n) is 7.39. The van der Waals surface area contributed by atoms with Gasteiger partial charge in [0.1, 0.15) is 11.6 Å². The number of ether oxygens (including phenoxy) is 2. The van der Waals surface area contributed by atoms with Crippen molar-refractivity contribution in [2.45, 2.75) is 25.4 Å². The summed E-state index contributed by atoms with van der Waals surface area (Å²) < 4.78 is 46.1. The number of morpholine rings is 1. The summed E-state index contributed by atoms with van der Waals surface area (Å²) >= 11 is 0. The van der Waals surface area contributed by atoms with Gasteiger partial charge in [-0.25, -0.2) is 4.98 Å². The van der Waals surface area contributed by atoms with Gasteiger partial charge in [-0.05, 0) is 30.2 Å². The van der Waals surface area contributed by atoms with E-state index in [1.165, 1.54) is 12.1 Å². The number of aromatic nitrogens is 2. The van der Waals surface area contributed by atoms with Crippen molar-refractivity contribution < 1.29 is 22.6 Å². The van der Waals surface area contributed by atoms with Gasteiger partial charge in [-0.1, -0.05) is 12.1 Å². The number of likely N-dealkylation sites (tertiary alicyclic amines) is 1. The highest BCUT2D eigenvalue weighted by Gasteiger charge is 2.31. The van der Waals surface area contributed by atoms with Gasteiger partial charge in [0.05, 0.1) is 13.2 Å². The van der Waals surface area contributed by atoms with E-state index < -0.39 is 6.36 Å². The lowest BCUT2D eigenvalue weighted by Crippen LogP contribution is -2.37. The molecule has 0 saturated carbocycles. The van der Waals surface area contributed by atoms with E-state index in [1.807, 2.05) is 6.07 Å². The number of anilines is 2. The first-order chi connectivity index (χ1) is 14.4. The molecule has 2 aromatic rings. The minimum absolute atomic E-state index is 0.204. The van der Waals surface area contributed by atoms with Crippen LogP contribution >= 0.6 is 0 Å². The molecule has 1 aromatic carbocycles. The molecule has 2 fully saturated rings. The predicted molar refractivity (Wildman–Crippen MR) is 105 cm³/mol. The first-order valence-electron chi connectivity index (χ1n) is 9.94. The van der Waals surface area contributed by atoms with Crippen molar-refractivity contribution in [1.29, 1.82) is 0 Å². The van der Waals surface area contributed by atoms with Crippen LogP contribution < -0.4 is 15.0 Å². The first-order valence-corrected chi connectivity index (χ1v) is 9.94. The topological polar surface area (TPSA) is 62.8 Å². The summed E-state index contributed by atoms with van der Waals surface area (Å²) in [7, 11) is 0. The molecule has 1 unspecified atom stereocenters. The van der Waals surface area contributed by atoms with Crippen LogP contribution in [0, 0.1) is 0 Å². The minimum Gasteiger partial charge on any atom is -0.406 e. The highest BCUT2D eigenvalue weighted by molar-refractivity contribution is 5.43. The lowest BCUT2D eigenvalue weighted by atomic mass is 10.2. The van der Waals surface area contributed by atoms with Crippen LogP contribution in [-0.4, -0.2) is 66.7 Å². The molecule has 0 spiro atoms. The molecule has 0 amide bonds. The zero-order valence-corrected chi connectivity index (χ0v) is 16.4. The Labute approximate surface area is 172 Å². The predicted octanol–water partition coefficient (Wildman–Crippen LogP) is 2.90. The van der Waals surface area contributed by atoms with Gasteiger partial charge < -0.3 is 19.7 Å². The number of nitrogens with zero attached hydrogens (tertiary/aromatic N) is 4. The van der Waals surface area contributed by atoms with Crippen molar-refractivity contribution >= 4 is 11.8 Å². The normalized spacial score (nSPS) is 20.4. The third-order valence-corrected chi connectivity index (χ3v) is 5.14. The Morgan fingerprint density at radius 2 is 1.87 bits per heavy atom. The summed E-state index contributed by atoms with van der Waals surface area (Å²) in [6, 6.07) is 8.15. The Kier molecular flexibility index (Phi) is 6.24. The Morgan fingerprint density at radius 1 is 1.10 bits per heavy atom. The smallest absolute Gasteiger partial charge is 0.406 e. The Hall–Kier alpha value is -2.59. The third kappa shape index (κ3) is 5.73. The molecule has 1 N–H and O–H groups in total. The Morgan fingerprint density at radius 3 is 2.60 bits per heavy atom. The van der Waals surface area contributed by atoms with Crippen molar-refractivity contribution in [3.8, 4) is 5.75 Å². The molecule has 1 aromatic heterocycles. The number of hydrogen-bond donors (Lipinski definition) is 1. The maximum absolute atomic E-state index is 12.3. The van der Waals surface area contributed by atoms with Gasteiger partial charge >= 0.3 is 6.36 Å². The van der Waals surface area contributed by atoms with Crippen molar-refractivity contribution in [3.05, 3.63) is 42.1 Å². The summed E-state index contributed by atoms with van der Waals surface area (Å²) in [5.74, 6) is 1.30. The van der Waals surface area contributed by atoms with Crippen LogP contribution in [0.1, 0.15) is 12.0 Å². The lowest BCUT2D eigenvalue weighted by molar-refractivity contribution is -0.274. The third-order valence-electron chi connectivity index (χ3n) is 5.14. The summed E-state index contributed by atoms with van der Waals surface area (Å²) in [6.45, 7) is 5.41. The van der Waals surface area contributed by atoms with E-state index in [-0.39, 0.29) is 11.8 Å². The molecule has 2 saturated heterocycles. The minimum atomic E-state index is -4.67. The SMILES string of the molecule is FC(F)(F)Oc1ccc(CN2CCC(Nc3nccc(N4CCOCC4)n3)C2)cc1. The van der Waals surface area contributed by atoms with Gasteiger partial charge in [-0.15, -0.1) is 13.2 Å². The van der Waals surface area contributed by atoms with Gasteiger partial charge in [0.2, 0.25) is 5.95 Å². The van der Waals surface area contributed by atoms with E-state index in [9.17, 15) is 13.2 Å². The fourth-order valence-corrected chi connectivity index (χ4v) is 3.72. The zero-order chi connectivity index (χ0) is 21.0. The summed E-state index contributed by atoms with van der Waals surface area (Å²) in [6.07, 6.45) is -1.96. The Balaban J connectivity index is 1.28. The number of rotatable bonds is 6.